The maximum atomic E-state index is 11.2. The molecule has 2 heterocycles. The quantitative estimate of drug-likeness (QED) is 0.560. The third kappa shape index (κ3) is 0.986. The van der Waals surface area contributed by atoms with Crippen molar-refractivity contribution in [2.75, 3.05) is 0 Å². The lowest BCUT2D eigenvalue weighted by molar-refractivity contribution is 0.831. The minimum atomic E-state index is -0.375. The molecule has 0 aromatic carbocycles. The molecule has 0 saturated heterocycles. The van der Waals surface area contributed by atoms with E-state index < -0.39 is 0 Å². The molecule has 0 aliphatic carbocycles. The lowest BCUT2D eigenvalue weighted by Crippen LogP contribution is -2.21. The first-order valence-electron chi connectivity index (χ1n) is 3.75. The van der Waals surface area contributed by atoms with E-state index in [1.807, 2.05) is 0 Å². The molecular formula is C7H8N4O2. The van der Waals surface area contributed by atoms with E-state index >= 15 is 0 Å². The molecule has 6 nitrogen and oxygen atoms in total. The van der Waals surface area contributed by atoms with Crippen LogP contribution in [0.3, 0.4) is 0 Å². The van der Waals surface area contributed by atoms with Crippen LogP contribution in [0, 0.1) is 6.92 Å². The number of aromatic nitrogens is 4. The smallest absolute Gasteiger partial charge is 0.303 e. The topological polar surface area (TPSA) is 83.5 Å². The summed E-state index contributed by atoms with van der Waals surface area (Å²) in [6.45, 7) is 1.67. The normalized spacial score (nSPS) is 10.9. The fourth-order valence-corrected chi connectivity index (χ4v) is 1.26. The Hall–Kier alpha value is -1.85. The Bertz CT molecular complexity index is 574. The first-order valence-corrected chi connectivity index (χ1v) is 3.75. The van der Waals surface area contributed by atoms with Crippen LogP contribution in [0.5, 0.6) is 0 Å². The summed E-state index contributed by atoms with van der Waals surface area (Å²) >= 11 is 0. The van der Waals surface area contributed by atoms with Crippen molar-refractivity contribution in [1.29, 1.82) is 0 Å². The number of nitrogens with one attached hydrogen (secondary N) is 2. The number of aryl methyl sites for hydroxylation is 2. The van der Waals surface area contributed by atoms with Gasteiger partial charge in [0.15, 0.2) is 0 Å². The fourth-order valence-electron chi connectivity index (χ4n) is 1.26. The average molecular weight is 180 g/mol. The van der Waals surface area contributed by atoms with Crippen LogP contribution in [0.1, 0.15) is 5.69 Å². The summed E-state index contributed by atoms with van der Waals surface area (Å²) in [4.78, 5) is 30.9. The van der Waals surface area contributed by atoms with Gasteiger partial charge in [-0.1, -0.05) is 0 Å². The Morgan fingerprint density at radius 2 is 2.00 bits per heavy atom. The van der Waals surface area contributed by atoms with Gasteiger partial charge < -0.3 is 4.98 Å². The summed E-state index contributed by atoms with van der Waals surface area (Å²) < 4.78 is 1.29. The molecule has 68 valence electrons. The van der Waals surface area contributed by atoms with Crippen molar-refractivity contribution in [3.05, 3.63) is 26.7 Å². The summed E-state index contributed by atoms with van der Waals surface area (Å²) in [5, 5.41) is 0. The Morgan fingerprint density at radius 1 is 1.31 bits per heavy atom. The average Bonchev–Trinajstić information content (AvgIpc) is 2.44. The summed E-state index contributed by atoms with van der Waals surface area (Å²) in [6.07, 6.45) is 0. The SMILES string of the molecule is Cc1nc(=O)n(C)c2[nH]c(=O)[nH]c12. The molecule has 0 radical (unpaired) electrons. The van der Waals surface area contributed by atoms with E-state index in [2.05, 4.69) is 15.0 Å². The molecule has 6 heteroatoms. The predicted octanol–water partition coefficient (Wildman–Crippen LogP) is -0.742. The zero-order chi connectivity index (χ0) is 9.59. The third-order valence-corrected chi connectivity index (χ3v) is 1.95. The molecule has 0 aliphatic heterocycles. The number of aromatic amines is 2. The van der Waals surface area contributed by atoms with Gasteiger partial charge in [-0.25, -0.2) is 9.59 Å². The minimum absolute atomic E-state index is 0.332. The molecule has 0 aliphatic rings. The van der Waals surface area contributed by atoms with Crippen molar-refractivity contribution < 1.29 is 0 Å². The van der Waals surface area contributed by atoms with Gasteiger partial charge >= 0.3 is 11.4 Å². The molecule has 0 saturated carbocycles. The van der Waals surface area contributed by atoms with Crippen LogP contribution in [0.4, 0.5) is 0 Å². The molecule has 2 aromatic rings. The van der Waals surface area contributed by atoms with Crippen molar-refractivity contribution in [2.24, 2.45) is 7.05 Å². The van der Waals surface area contributed by atoms with Crippen LogP contribution in [0.25, 0.3) is 11.2 Å². The monoisotopic (exact) mass is 180 g/mol. The molecule has 2 rings (SSSR count). The number of imidazole rings is 1. The molecule has 0 amide bonds. The van der Waals surface area contributed by atoms with Gasteiger partial charge in [0.25, 0.3) is 0 Å². The van der Waals surface area contributed by atoms with Crippen LogP contribution in [-0.4, -0.2) is 19.5 Å². The lowest BCUT2D eigenvalue weighted by Gasteiger charge is -1.98. The van der Waals surface area contributed by atoms with E-state index in [-0.39, 0.29) is 11.4 Å². The Balaban J connectivity index is 3.13. The van der Waals surface area contributed by atoms with E-state index in [4.69, 9.17) is 0 Å². The number of rotatable bonds is 0. The van der Waals surface area contributed by atoms with Gasteiger partial charge in [0, 0.05) is 7.05 Å². The Morgan fingerprint density at radius 3 is 2.69 bits per heavy atom. The van der Waals surface area contributed by atoms with Gasteiger partial charge in [-0.3, -0.25) is 9.55 Å². The second-order valence-electron chi connectivity index (χ2n) is 2.84. The van der Waals surface area contributed by atoms with Gasteiger partial charge in [0.2, 0.25) is 0 Å². The summed E-state index contributed by atoms with van der Waals surface area (Å²) in [5.41, 5.74) is 0.868. The zero-order valence-corrected chi connectivity index (χ0v) is 7.21. The highest BCUT2D eigenvalue weighted by Crippen LogP contribution is 2.04. The molecule has 2 aromatic heterocycles. The van der Waals surface area contributed by atoms with Gasteiger partial charge in [0.1, 0.15) is 11.2 Å². The highest BCUT2D eigenvalue weighted by atomic mass is 16.1. The van der Waals surface area contributed by atoms with Crippen molar-refractivity contribution in [1.82, 2.24) is 19.5 Å². The third-order valence-electron chi connectivity index (χ3n) is 1.95. The highest BCUT2D eigenvalue weighted by molar-refractivity contribution is 5.72. The van der Waals surface area contributed by atoms with E-state index in [1.54, 1.807) is 14.0 Å². The zero-order valence-electron chi connectivity index (χ0n) is 7.21. The first kappa shape index (κ1) is 7.78. The van der Waals surface area contributed by atoms with Gasteiger partial charge in [-0.15, -0.1) is 0 Å². The number of fused-ring (bicyclic) bond motifs is 1. The minimum Gasteiger partial charge on any atom is -0.303 e. The predicted molar refractivity (Wildman–Crippen MR) is 46.7 cm³/mol. The standard InChI is InChI=1S/C7H8N4O2/c1-3-4-5(10-6(12)9-4)11(2)7(13)8-3/h1-2H3,(H2,9,10,12). The number of H-pyrrole nitrogens is 2. The van der Waals surface area contributed by atoms with Gasteiger partial charge in [-0.05, 0) is 6.92 Å². The molecular weight excluding hydrogens is 172 g/mol. The van der Waals surface area contributed by atoms with Crippen LogP contribution in [0.2, 0.25) is 0 Å². The number of hydrogen-bond donors (Lipinski definition) is 2. The number of nitrogens with zero attached hydrogens (tertiary/aromatic N) is 2. The van der Waals surface area contributed by atoms with Gasteiger partial charge in [-0.2, -0.15) is 4.98 Å². The highest BCUT2D eigenvalue weighted by Gasteiger charge is 2.06. The van der Waals surface area contributed by atoms with Crippen molar-refractivity contribution >= 4 is 11.2 Å². The number of hydrogen-bond acceptors (Lipinski definition) is 3. The Labute approximate surface area is 72.2 Å². The Kier molecular flexibility index (Phi) is 1.39. The maximum Gasteiger partial charge on any atom is 0.349 e. The summed E-state index contributed by atoms with van der Waals surface area (Å²) in [7, 11) is 1.56. The molecule has 0 atom stereocenters. The molecule has 0 fully saturated rings. The van der Waals surface area contributed by atoms with Crippen LogP contribution in [-0.2, 0) is 7.05 Å². The second kappa shape index (κ2) is 2.32. The first-order chi connectivity index (χ1) is 6.09. The largest absolute Gasteiger partial charge is 0.349 e. The van der Waals surface area contributed by atoms with Crippen LogP contribution >= 0.6 is 0 Å². The second-order valence-corrected chi connectivity index (χ2v) is 2.84. The molecule has 2 N–H and O–H groups in total. The van der Waals surface area contributed by atoms with Crippen molar-refractivity contribution in [3.63, 3.8) is 0 Å². The molecule has 13 heavy (non-hydrogen) atoms. The fraction of sp³-hybridized carbons (Fsp3) is 0.286. The van der Waals surface area contributed by atoms with Crippen molar-refractivity contribution in [2.45, 2.75) is 6.92 Å². The molecule has 0 unspecified atom stereocenters. The van der Waals surface area contributed by atoms with Crippen LogP contribution in [0.15, 0.2) is 9.59 Å². The van der Waals surface area contributed by atoms with Gasteiger partial charge in [0.05, 0.1) is 5.69 Å². The van der Waals surface area contributed by atoms with E-state index in [9.17, 15) is 9.59 Å². The maximum absolute atomic E-state index is 11.2. The lowest BCUT2D eigenvalue weighted by atomic mass is 10.4. The summed E-state index contributed by atoms with van der Waals surface area (Å²) in [6, 6.07) is 0. The van der Waals surface area contributed by atoms with E-state index in [1.165, 1.54) is 4.57 Å². The molecule has 0 spiro atoms. The molecule has 0 bridgehead atoms. The van der Waals surface area contributed by atoms with Crippen molar-refractivity contribution in [3.8, 4) is 0 Å². The van der Waals surface area contributed by atoms with E-state index in [0.29, 0.717) is 16.9 Å². The van der Waals surface area contributed by atoms with Crippen LogP contribution < -0.4 is 11.4 Å². The summed E-state index contributed by atoms with van der Waals surface area (Å²) in [5.74, 6) is 0. The van der Waals surface area contributed by atoms with E-state index in [0.717, 1.165) is 0 Å².